The molecule has 0 amide bonds. The van der Waals surface area contributed by atoms with Gasteiger partial charge in [-0.25, -0.2) is 9.67 Å². The number of hydrogen-bond donors (Lipinski definition) is 0. The third-order valence-electron chi connectivity index (χ3n) is 2.40. The number of rotatable bonds is 3. The maximum Gasteiger partial charge on any atom is 0.208 e. The topological polar surface area (TPSA) is 30.7 Å². The molecule has 0 atom stereocenters. The van der Waals surface area contributed by atoms with Gasteiger partial charge in [0.1, 0.15) is 6.33 Å². The summed E-state index contributed by atoms with van der Waals surface area (Å²) in [5.41, 5.74) is 3.47. The molecule has 0 fully saturated rings. The Labute approximate surface area is 106 Å². The second-order valence-corrected chi connectivity index (χ2v) is 4.66. The molecule has 0 aliphatic rings. The van der Waals surface area contributed by atoms with Crippen LogP contribution >= 0.6 is 11.8 Å². The summed E-state index contributed by atoms with van der Waals surface area (Å²) in [6.07, 6.45) is 3.74. The smallest absolute Gasteiger partial charge is 0.208 e. The lowest BCUT2D eigenvalue weighted by molar-refractivity contribution is 0.847. The first-order valence-corrected chi connectivity index (χ1v) is 6.64. The molecule has 1 aromatic heterocycles. The van der Waals surface area contributed by atoms with Crippen molar-refractivity contribution in [2.75, 3.05) is 6.26 Å². The van der Waals surface area contributed by atoms with Crippen LogP contribution < -0.4 is 0 Å². The van der Waals surface area contributed by atoms with Crippen LogP contribution in [-0.4, -0.2) is 21.0 Å². The molecule has 0 unspecified atom stereocenters. The summed E-state index contributed by atoms with van der Waals surface area (Å²) in [6, 6.07) is 10.3. The van der Waals surface area contributed by atoms with E-state index < -0.39 is 0 Å². The molecule has 0 aliphatic carbocycles. The van der Waals surface area contributed by atoms with Crippen molar-refractivity contribution < 1.29 is 0 Å². The highest BCUT2D eigenvalue weighted by Crippen LogP contribution is 2.20. The summed E-state index contributed by atoms with van der Waals surface area (Å²) in [5, 5.41) is 5.23. The van der Waals surface area contributed by atoms with Crippen LogP contribution in [0.3, 0.4) is 0 Å². The van der Waals surface area contributed by atoms with Crippen LogP contribution in [0.5, 0.6) is 0 Å². The minimum Gasteiger partial charge on any atom is -0.219 e. The number of nitrogens with zero attached hydrogens (tertiary/aromatic N) is 3. The molecule has 88 valence electrons. The minimum absolute atomic E-state index is 0.791. The maximum absolute atomic E-state index is 4.44. The van der Waals surface area contributed by atoms with Gasteiger partial charge in [0.2, 0.25) is 5.16 Å². The van der Waals surface area contributed by atoms with E-state index in [9.17, 15) is 0 Å². The molecule has 2 aromatic rings. The second-order valence-electron chi connectivity index (χ2n) is 3.89. The van der Waals surface area contributed by atoms with Gasteiger partial charge in [-0.1, -0.05) is 42.1 Å². The van der Waals surface area contributed by atoms with Crippen LogP contribution in [0.25, 0.3) is 5.70 Å². The van der Waals surface area contributed by atoms with Crippen molar-refractivity contribution in [1.29, 1.82) is 0 Å². The van der Waals surface area contributed by atoms with E-state index in [0.29, 0.717) is 0 Å². The fourth-order valence-electron chi connectivity index (χ4n) is 1.70. The van der Waals surface area contributed by atoms with E-state index in [1.807, 2.05) is 29.1 Å². The van der Waals surface area contributed by atoms with Crippen molar-refractivity contribution in [2.45, 2.75) is 19.0 Å². The maximum atomic E-state index is 4.44. The highest BCUT2D eigenvalue weighted by Gasteiger charge is 2.08. The number of benzene rings is 1. The third-order valence-corrected chi connectivity index (χ3v) is 2.96. The van der Waals surface area contributed by atoms with Gasteiger partial charge < -0.3 is 0 Å². The predicted molar refractivity (Wildman–Crippen MR) is 71.9 cm³/mol. The fraction of sp³-hybridized carbons (Fsp3) is 0.231. The number of thioether (sulfide) groups is 1. The Bertz CT molecular complexity index is 525. The van der Waals surface area contributed by atoms with Crippen LogP contribution in [0.2, 0.25) is 0 Å². The number of aromatic nitrogens is 3. The second kappa shape index (κ2) is 5.19. The van der Waals surface area contributed by atoms with Gasteiger partial charge in [-0.3, -0.25) is 0 Å². The molecule has 3 nitrogen and oxygen atoms in total. The van der Waals surface area contributed by atoms with E-state index in [4.69, 9.17) is 0 Å². The molecule has 0 saturated carbocycles. The average Bonchev–Trinajstić information content (AvgIpc) is 2.79. The molecule has 0 radical (unpaired) electrons. The van der Waals surface area contributed by atoms with Gasteiger partial charge in [-0.05, 0) is 25.7 Å². The van der Waals surface area contributed by atoms with Crippen LogP contribution in [-0.2, 0) is 0 Å². The van der Waals surface area contributed by atoms with Crippen molar-refractivity contribution in [3.05, 3.63) is 47.8 Å². The number of allylic oxidation sites excluding steroid dienone is 1. The Kier molecular flexibility index (Phi) is 3.64. The first-order valence-electron chi connectivity index (χ1n) is 5.41. The summed E-state index contributed by atoms with van der Waals surface area (Å²) in [5.74, 6) is 0. The molecular weight excluding hydrogens is 230 g/mol. The van der Waals surface area contributed by atoms with Gasteiger partial charge in [0.25, 0.3) is 0 Å². The zero-order valence-electron chi connectivity index (χ0n) is 10.2. The molecule has 0 spiro atoms. The van der Waals surface area contributed by atoms with Crippen molar-refractivity contribution >= 4 is 17.5 Å². The summed E-state index contributed by atoms with van der Waals surface area (Å²) in [7, 11) is 0. The molecule has 17 heavy (non-hydrogen) atoms. The van der Waals surface area contributed by atoms with E-state index >= 15 is 0 Å². The molecular formula is C13H15N3S. The van der Waals surface area contributed by atoms with Crippen molar-refractivity contribution in [3.63, 3.8) is 0 Å². The zero-order valence-corrected chi connectivity index (χ0v) is 11.0. The quantitative estimate of drug-likeness (QED) is 0.777. The molecule has 1 aromatic carbocycles. The van der Waals surface area contributed by atoms with Gasteiger partial charge in [-0.15, -0.1) is 5.10 Å². The first kappa shape index (κ1) is 11.9. The highest BCUT2D eigenvalue weighted by atomic mass is 32.2. The minimum atomic E-state index is 0.791. The summed E-state index contributed by atoms with van der Waals surface area (Å²) in [6.45, 7) is 4.17. The molecule has 0 aliphatic heterocycles. The van der Waals surface area contributed by atoms with Crippen LogP contribution in [0.15, 0.2) is 47.4 Å². The lowest BCUT2D eigenvalue weighted by atomic mass is 10.1. The zero-order chi connectivity index (χ0) is 12.3. The van der Waals surface area contributed by atoms with Crippen LogP contribution in [0, 0.1) is 0 Å². The average molecular weight is 245 g/mol. The van der Waals surface area contributed by atoms with E-state index in [2.05, 4.69) is 36.1 Å². The van der Waals surface area contributed by atoms with E-state index in [-0.39, 0.29) is 0 Å². The van der Waals surface area contributed by atoms with E-state index in [0.717, 1.165) is 16.4 Å². The van der Waals surface area contributed by atoms with Crippen LogP contribution in [0.1, 0.15) is 19.4 Å². The lowest BCUT2D eigenvalue weighted by Gasteiger charge is -2.09. The Balaban J connectivity index is 2.48. The Morgan fingerprint density at radius 2 is 1.88 bits per heavy atom. The highest BCUT2D eigenvalue weighted by molar-refractivity contribution is 7.98. The predicted octanol–water partition coefficient (Wildman–Crippen LogP) is 3.30. The van der Waals surface area contributed by atoms with E-state index in [1.54, 1.807) is 18.1 Å². The molecule has 0 saturated heterocycles. The first-order chi connectivity index (χ1) is 8.22. The van der Waals surface area contributed by atoms with E-state index in [1.165, 1.54) is 5.57 Å². The summed E-state index contributed by atoms with van der Waals surface area (Å²) in [4.78, 5) is 4.24. The van der Waals surface area contributed by atoms with Gasteiger partial charge in [-0.2, -0.15) is 0 Å². The Morgan fingerprint density at radius 3 is 2.41 bits per heavy atom. The van der Waals surface area contributed by atoms with Gasteiger partial charge in [0.15, 0.2) is 0 Å². The van der Waals surface area contributed by atoms with Crippen molar-refractivity contribution in [2.24, 2.45) is 0 Å². The monoisotopic (exact) mass is 245 g/mol. The lowest BCUT2D eigenvalue weighted by Crippen LogP contribution is -2.01. The standard InChI is InChI=1S/C13H15N3S/c1-10(2)12(11-7-5-4-6-8-11)16-9-14-13(15-16)17-3/h4-9H,1-3H3. The Hall–Kier alpha value is -1.55. The third kappa shape index (κ3) is 2.58. The fourth-order valence-corrected chi connectivity index (χ4v) is 2.02. The largest absolute Gasteiger partial charge is 0.219 e. The van der Waals surface area contributed by atoms with Crippen molar-refractivity contribution in [3.8, 4) is 0 Å². The number of hydrogen-bond acceptors (Lipinski definition) is 3. The van der Waals surface area contributed by atoms with Crippen molar-refractivity contribution in [1.82, 2.24) is 14.8 Å². The molecule has 0 bridgehead atoms. The summed E-state index contributed by atoms with van der Waals surface area (Å²) >= 11 is 1.55. The molecule has 2 rings (SSSR count). The van der Waals surface area contributed by atoms with Gasteiger partial charge in [0, 0.05) is 5.56 Å². The molecule has 0 N–H and O–H groups in total. The van der Waals surface area contributed by atoms with Gasteiger partial charge in [0.05, 0.1) is 5.70 Å². The van der Waals surface area contributed by atoms with Gasteiger partial charge >= 0.3 is 0 Å². The molecule has 1 heterocycles. The summed E-state index contributed by atoms with van der Waals surface area (Å²) < 4.78 is 1.84. The normalized spacial score (nSPS) is 10.3. The van der Waals surface area contributed by atoms with Crippen LogP contribution in [0.4, 0.5) is 0 Å². The SMILES string of the molecule is CSc1ncn(C(=C(C)C)c2ccccc2)n1. The Morgan fingerprint density at radius 1 is 1.18 bits per heavy atom. The molecule has 4 heteroatoms.